The van der Waals surface area contributed by atoms with E-state index in [1.807, 2.05) is 24.3 Å². The van der Waals surface area contributed by atoms with E-state index in [1.165, 1.54) is 6.26 Å². The normalized spacial score (nSPS) is 12.7. The highest BCUT2D eigenvalue weighted by Gasteiger charge is 2.31. The van der Waals surface area contributed by atoms with Gasteiger partial charge in [0.1, 0.15) is 0 Å². The van der Waals surface area contributed by atoms with Gasteiger partial charge in [0, 0.05) is 12.9 Å². The summed E-state index contributed by atoms with van der Waals surface area (Å²) < 4.78 is 22.5. The highest BCUT2D eigenvalue weighted by molar-refractivity contribution is 7.91. The van der Waals surface area contributed by atoms with Crippen LogP contribution in [0.1, 0.15) is 31.4 Å². The number of hydrogen-bond acceptors (Lipinski definition) is 3. The van der Waals surface area contributed by atoms with Gasteiger partial charge in [-0.2, -0.15) is 0 Å². The highest BCUT2D eigenvalue weighted by Crippen LogP contribution is 2.28. The topological polar surface area (TPSA) is 54.4 Å². The van der Waals surface area contributed by atoms with Gasteiger partial charge in [0.2, 0.25) is 0 Å². The Morgan fingerprint density at radius 3 is 2.12 bits per heavy atom. The maximum Gasteiger partial charge on any atom is 0.156 e. The van der Waals surface area contributed by atoms with Gasteiger partial charge >= 0.3 is 0 Å². The molecule has 17 heavy (non-hydrogen) atoms. The van der Waals surface area contributed by atoms with Crippen molar-refractivity contribution in [3.05, 3.63) is 35.4 Å². The van der Waals surface area contributed by atoms with Crippen molar-refractivity contribution in [2.24, 2.45) is 0 Å². The summed E-state index contributed by atoms with van der Waals surface area (Å²) in [6.45, 7) is 3.60. The lowest BCUT2D eigenvalue weighted by Gasteiger charge is -2.23. The van der Waals surface area contributed by atoms with Crippen LogP contribution in [-0.2, 0) is 21.0 Å². The first kappa shape index (κ1) is 14.2. The maximum atomic E-state index is 11.7. The fourth-order valence-electron chi connectivity index (χ4n) is 1.57. The lowest BCUT2D eigenvalue weighted by Crippen LogP contribution is -2.27. The monoisotopic (exact) mass is 256 g/mol. The van der Waals surface area contributed by atoms with Crippen molar-refractivity contribution < 1.29 is 13.5 Å². The van der Waals surface area contributed by atoms with Crippen molar-refractivity contribution in [1.29, 1.82) is 0 Å². The third-order valence-electron chi connectivity index (χ3n) is 3.20. The van der Waals surface area contributed by atoms with Crippen molar-refractivity contribution in [3.8, 4) is 0 Å². The standard InChI is InChI=1S/C13H20O3S/c1-13(2,17(3,15)16)12-8-6-11(7-9-12)5-4-10-14/h6-9,14H,4-5,10H2,1-3H3. The van der Waals surface area contributed by atoms with Crippen LogP contribution in [0.4, 0.5) is 0 Å². The van der Waals surface area contributed by atoms with Gasteiger partial charge in [-0.25, -0.2) is 8.42 Å². The summed E-state index contributed by atoms with van der Waals surface area (Å²) in [6, 6.07) is 7.57. The van der Waals surface area contributed by atoms with Crippen LogP contribution in [0.5, 0.6) is 0 Å². The third kappa shape index (κ3) is 3.30. The van der Waals surface area contributed by atoms with Gasteiger partial charge in [0.15, 0.2) is 9.84 Å². The predicted molar refractivity (Wildman–Crippen MR) is 69.7 cm³/mol. The summed E-state index contributed by atoms with van der Waals surface area (Å²) in [5.41, 5.74) is 1.92. The van der Waals surface area contributed by atoms with Crippen molar-refractivity contribution in [1.82, 2.24) is 0 Å². The predicted octanol–water partition coefficient (Wildman–Crippen LogP) is 1.89. The number of sulfone groups is 1. The quantitative estimate of drug-likeness (QED) is 0.875. The Labute approximate surface area is 103 Å². The highest BCUT2D eigenvalue weighted by atomic mass is 32.2. The van der Waals surface area contributed by atoms with Gasteiger partial charge < -0.3 is 5.11 Å². The first-order valence-corrected chi connectivity index (χ1v) is 7.58. The molecule has 0 spiro atoms. The number of aliphatic hydroxyl groups excluding tert-OH is 1. The molecule has 0 amide bonds. The second-order valence-electron chi connectivity index (χ2n) is 4.81. The third-order valence-corrected chi connectivity index (χ3v) is 5.29. The van der Waals surface area contributed by atoms with E-state index < -0.39 is 14.6 Å². The molecule has 0 unspecified atom stereocenters. The largest absolute Gasteiger partial charge is 0.396 e. The molecule has 1 aromatic carbocycles. The van der Waals surface area contributed by atoms with Gasteiger partial charge in [-0.3, -0.25) is 0 Å². The fourth-order valence-corrected chi connectivity index (χ4v) is 2.13. The Bertz CT molecular complexity index is 458. The number of rotatable bonds is 5. The van der Waals surface area contributed by atoms with Crippen molar-refractivity contribution in [3.63, 3.8) is 0 Å². The fraction of sp³-hybridized carbons (Fsp3) is 0.538. The van der Waals surface area contributed by atoms with Crippen molar-refractivity contribution in [2.45, 2.75) is 31.4 Å². The molecule has 0 saturated heterocycles. The van der Waals surface area contributed by atoms with Crippen LogP contribution in [0.15, 0.2) is 24.3 Å². The van der Waals surface area contributed by atoms with Gasteiger partial charge in [-0.05, 0) is 37.8 Å². The van der Waals surface area contributed by atoms with Crippen molar-refractivity contribution >= 4 is 9.84 Å². The minimum Gasteiger partial charge on any atom is -0.396 e. The maximum absolute atomic E-state index is 11.7. The van der Waals surface area contributed by atoms with E-state index in [-0.39, 0.29) is 6.61 Å². The molecule has 0 aliphatic rings. The molecule has 3 nitrogen and oxygen atoms in total. The van der Waals surface area contributed by atoms with Gasteiger partial charge in [-0.15, -0.1) is 0 Å². The molecule has 4 heteroatoms. The zero-order valence-corrected chi connectivity index (χ0v) is 11.4. The van der Waals surface area contributed by atoms with E-state index in [4.69, 9.17) is 5.11 Å². The molecule has 0 atom stereocenters. The lowest BCUT2D eigenvalue weighted by atomic mass is 9.99. The molecule has 1 aromatic rings. The Hall–Kier alpha value is -0.870. The van der Waals surface area contributed by atoms with Crippen LogP contribution in [0, 0.1) is 0 Å². The summed E-state index contributed by atoms with van der Waals surface area (Å²) in [5, 5.41) is 8.74. The van der Waals surface area contributed by atoms with E-state index in [1.54, 1.807) is 13.8 Å². The van der Waals surface area contributed by atoms with Crippen LogP contribution < -0.4 is 0 Å². The van der Waals surface area contributed by atoms with E-state index in [9.17, 15) is 8.42 Å². The Morgan fingerprint density at radius 2 is 1.71 bits per heavy atom. The van der Waals surface area contributed by atoms with Gasteiger partial charge in [0.05, 0.1) is 4.75 Å². The minimum absolute atomic E-state index is 0.177. The zero-order chi connectivity index (χ0) is 13.1. The van der Waals surface area contributed by atoms with Crippen LogP contribution in [0.25, 0.3) is 0 Å². The molecule has 0 bridgehead atoms. The number of benzene rings is 1. The molecule has 0 aliphatic heterocycles. The number of hydrogen-bond donors (Lipinski definition) is 1. The second kappa shape index (κ2) is 5.19. The second-order valence-corrected chi connectivity index (χ2v) is 7.37. The van der Waals surface area contributed by atoms with Crippen LogP contribution in [0.3, 0.4) is 0 Å². The molecule has 0 radical (unpaired) electrons. The summed E-state index contributed by atoms with van der Waals surface area (Å²) >= 11 is 0. The van der Waals surface area contributed by atoms with E-state index in [0.29, 0.717) is 0 Å². The van der Waals surface area contributed by atoms with Crippen LogP contribution >= 0.6 is 0 Å². The Kier molecular flexibility index (Phi) is 4.33. The summed E-state index contributed by atoms with van der Waals surface area (Å²) in [6.07, 6.45) is 2.80. The zero-order valence-electron chi connectivity index (χ0n) is 10.6. The molecule has 1 rings (SSSR count). The molecule has 0 aliphatic carbocycles. The molecular weight excluding hydrogens is 236 g/mol. The van der Waals surface area contributed by atoms with Gasteiger partial charge in [0.25, 0.3) is 0 Å². The van der Waals surface area contributed by atoms with Gasteiger partial charge in [-0.1, -0.05) is 24.3 Å². The minimum atomic E-state index is -3.13. The van der Waals surface area contributed by atoms with E-state index in [2.05, 4.69) is 0 Å². The molecule has 0 saturated carbocycles. The smallest absolute Gasteiger partial charge is 0.156 e. The first-order valence-electron chi connectivity index (χ1n) is 5.69. The molecule has 1 N–H and O–H groups in total. The Morgan fingerprint density at radius 1 is 1.18 bits per heavy atom. The summed E-state index contributed by atoms with van der Waals surface area (Å²) in [7, 11) is -3.13. The van der Waals surface area contributed by atoms with Crippen LogP contribution in [-0.4, -0.2) is 26.4 Å². The molecule has 0 aromatic heterocycles. The van der Waals surface area contributed by atoms with E-state index >= 15 is 0 Å². The molecule has 96 valence electrons. The lowest BCUT2D eigenvalue weighted by molar-refractivity contribution is 0.288. The van der Waals surface area contributed by atoms with E-state index in [0.717, 1.165) is 24.0 Å². The van der Waals surface area contributed by atoms with Crippen molar-refractivity contribution in [2.75, 3.05) is 12.9 Å². The number of aryl methyl sites for hydroxylation is 1. The SMILES string of the molecule is CC(C)(c1ccc(CCCO)cc1)S(C)(=O)=O. The molecular formula is C13H20O3S. The molecule has 0 fully saturated rings. The average Bonchev–Trinajstić information content (AvgIpc) is 2.25. The first-order chi connectivity index (χ1) is 7.79. The summed E-state index contributed by atoms with van der Waals surface area (Å²) in [5.74, 6) is 0. The summed E-state index contributed by atoms with van der Waals surface area (Å²) in [4.78, 5) is 0. The average molecular weight is 256 g/mol. The number of aliphatic hydroxyl groups is 1. The Balaban J connectivity index is 2.95. The molecule has 0 heterocycles. The van der Waals surface area contributed by atoms with Crippen LogP contribution in [0.2, 0.25) is 0 Å².